The number of hydrogen-bond donors (Lipinski definition) is 4. The van der Waals surface area contributed by atoms with Crippen molar-refractivity contribution in [2.45, 2.75) is 6.54 Å². The molecular weight excluding hydrogens is 306 g/mol. The molecule has 0 aliphatic heterocycles. The molecule has 0 fully saturated rings. The van der Waals surface area contributed by atoms with Crippen molar-refractivity contribution < 1.29 is 14.7 Å². The van der Waals surface area contributed by atoms with Crippen LogP contribution in [0.1, 0.15) is 15.9 Å². The van der Waals surface area contributed by atoms with Gasteiger partial charge in [0.05, 0.1) is 5.56 Å². The Kier molecular flexibility index (Phi) is 4.22. The molecule has 3 aromatic carbocycles. The van der Waals surface area contributed by atoms with Crippen LogP contribution in [0, 0.1) is 0 Å². The number of carbonyl (C=O) groups excluding carboxylic acids is 1. The molecule has 6 nitrogen and oxygen atoms in total. The number of phenols is 1. The van der Waals surface area contributed by atoms with E-state index in [4.69, 9.17) is 11.6 Å². The third-order valence-corrected chi connectivity index (χ3v) is 3.77. The number of primary amides is 1. The molecule has 24 heavy (non-hydrogen) atoms. The second-order valence-electron chi connectivity index (χ2n) is 5.41. The van der Waals surface area contributed by atoms with Gasteiger partial charge in [0, 0.05) is 12.2 Å². The van der Waals surface area contributed by atoms with E-state index in [1.807, 2.05) is 30.3 Å². The van der Waals surface area contributed by atoms with E-state index in [2.05, 4.69) is 10.2 Å². The molecule has 0 bridgehead atoms. The van der Waals surface area contributed by atoms with E-state index in [9.17, 15) is 9.90 Å². The maximum atomic E-state index is 11.3. The Balaban J connectivity index is 1.81. The second kappa shape index (κ2) is 6.47. The Bertz CT molecular complexity index is 892. The molecule has 0 aliphatic carbocycles. The lowest BCUT2D eigenvalue weighted by molar-refractivity contribution is 0.0998. The minimum Gasteiger partial charge on any atom is -0.507 e. The molecule has 122 valence electrons. The van der Waals surface area contributed by atoms with Crippen LogP contribution in [-0.2, 0) is 6.54 Å². The zero-order chi connectivity index (χ0) is 17.1. The maximum Gasteiger partial charge on any atom is 0.252 e. The first kappa shape index (κ1) is 15.6. The monoisotopic (exact) mass is 323 g/mol. The van der Waals surface area contributed by atoms with E-state index in [1.165, 1.54) is 6.07 Å². The van der Waals surface area contributed by atoms with Crippen LogP contribution in [0.2, 0.25) is 0 Å². The topological polar surface area (TPSA) is 111 Å². The van der Waals surface area contributed by atoms with Crippen LogP contribution < -0.4 is 21.8 Å². The molecule has 6 N–H and O–H groups in total. The number of nitrogens with two attached hydrogens (primary N) is 2. The highest BCUT2D eigenvalue weighted by Gasteiger charge is 2.09. The molecule has 0 spiro atoms. The first-order valence-corrected chi connectivity index (χ1v) is 7.33. The molecule has 0 atom stereocenters. The van der Waals surface area contributed by atoms with Crippen LogP contribution in [0.5, 0.6) is 11.5 Å². The molecule has 1 amide bonds. The number of fused-ring (bicyclic) bond motifs is 1. The maximum absolute atomic E-state index is 11.3. The largest absolute Gasteiger partial charge is 0.507 e. The van der Waals surface area contributed by atoms with Crippen molar-refractivity contribution in [3.05, 3.63) is 65.7 Å². The summed E-state index contributed by atoms with van der Waals surface area (Å²) in [5, 5.41) is 14.8. The molecule has 3 aromatic rings. The third-order valence-electron chi connectivity index (χ3n) is 3.77. The van der Waals surface area contributed by atoms with Crippen LogP contribution in [-0.4, -0.2) is 11.0 Å². The molecule has 6 heteroatoms. The number of nitrogens with one attached hydrogen (secondary N) is 1. The predicted molar refractivity (Wildman–Crippen MR) is 92.7 cm³/mol. The average Bonchev–Trinajstić information content (AvgIpc) is 2.59. The molecule has 3 rings (SSSR count). The Morgan fingerprint density at radius 1 is 1.04 bits per heavy atom. The lowest BCUT2D eigenvalue weighted by Crippen LogP contribution is -2.11. The van der Waals surface area contributed by atoms with Crippen LogP contribution in [0.25, 0.3) is 10.8 Å². The number of hydrogen-bond acceptors (Lipinski definition) is 5. The zero-order valence-corrected chi connectivity index (χ0v) is 12.8. The average molecular weight is 323 g/mol. The van der Waals surface area contributed by atoms with Crippen LogP contribution in [0.3, 0.4) is 0 Å². The molecule has 0 unspecified atom stereocenters. The number of anilines is 1. The fourth-order valence-electron chi connectivity index (χ4n) is 2.50. The Morgan fingerprint density at radius 3 is 2.46 bits per heavy atom. The Labute approximate surface area is 138 Å². The minimum absolute atomic E-state index is 0.108. The highest BCUT2D eigenvalue weighted by Crippen LogP contribution is 2.26. The number of amides is 1. The zero-order valence-electron chi connectivity index (χ0n) is 12.8. The summed E-state index contributed by atoms with van der Waals surface area (Å²) in [6.45, 7) is 0.603. The fraction of sp³-hybridized carbons (Fsp3) is 0.0556. The summed E-state index contributed by atoms with van der Waals surface area (Å²) in [5.41, 5.74) is 7.35. The lowest BCUT2D eigenvalue weighted by Gasteiger charge is -2.09. The highest BCUT2D eigenvalue weighted by atomic mass is 16.6. The summed E-state index contributed by atoms with van der Waals surface area (Å²) in [6.07, 6.45) is 0. The van der Waals surface area contributed by atoms with Crippen LogP contribution >= 0.6 is 0 Å². The van der Waals surface area contributed by atoms with Gasteiger partial charge in [-0.3, -0.25) is 4.79 Å². The number of rotatable bonds is 5. The van der Waals surface area contributed by atoms with E-state index in [-0.39, 0.29) is 11.3 Å². The summed E-state index contributed by atoms with van der Waals surface area (Å²) in [6, 6.07) is 16.2. The number of aromatic hydroxyl groups is 1. The summed E-state index contributed by atoms with van der Waals surface area (Å²) >= 11 is 0. The van der Waals surface area contributed by atoms with Crippen molar-refractivity contribution in [1.82, 2.24) is 0 Å². The Morgan fingerprint density at radius 2 is 1.79 bits per heavy atom. The van der Waals surface area contributed by atoms with Gasteiger partial charge < -0.3 is 21.0 Å². The van der Waals surface area contributed by atoms with Gasteiger partial charge in [-0.05, 0) is 58.8 Å². The normalized spacial score (nSPS) is 10.5. The molecule has 0 heterocycles. The van der Waals surface area contributed by atoms with E-state index in [0.29, 0.717) is 12.3 Å². The Hall–Kier alpha value is -3.25. The van der Waals surface area contributed by atoms with Gasteiger partial charge >= 0.3 is 0 Å². The van der Waals surface area contributed by atoms with E-state index < -0.39 is 5.91 Å². The summed E-state index contributed by atoms with van der Waals surface area (Å²) in [5.74, 6) is 4.92. The standard InChI is InChI=1S/C18H17N3O3/c19-18(23)16-8-13-7-11(1-2-12(13)9-17(16)22)10-21-14-3-5-15(24-20)6-4-14/h1-9,21-22H,10,20H2,(H2,19,23). The van der Waals surface area contributed by atoms with Gasteiger partial charge in [-0.15, -0.1) is 0 Å². The second-order valence-corrected chi connectivity index (χ2v) is 5.41. The molecule has 0 radical (unpaired) electrons. The summed E-state index contributed by atoms with van der Waals surface area (Å²) in [7, 11) is 0. The summed E-state index contributed by atoms with van der Waals surface area (Å²) < 4.78 is 0. The smallest absolute Gasteiger partial charge is 0.252 e. The number of carbonyl (C=O) groups is 1. The minimum atomic E-state index is -0.653. The predicted octanol–water partition coefficient (Wildman–Crippen LogP) is 2.51. The van der Waals surface area contributed by atoms with Gasteiger partial charge in [0.25, 0.3) is 5.91 Å². The van der Waals surface area contributed by atoms with Gasteiger partial charge in [0.2, 0.25) is 0 Å². The van der Waals surface area contributed by atoms with E-state index >= 15 is 0 Å². The molecule has 0 aromatic heterocycles. The number of benzene rings is 3. The van der Waals surface area contributed by atoms with Crippen LogP contribution in [0.4, 0.5) is 5.69 Å². The first-order chi connectivity index (χ1) is 11.6. The van der Waals surface area contributed by atoms with Crippen molar-refractivity contribution >= 4 is 22.4 Å². The van der Waals surface area contributed by atoms with Gasteiger partial charge in [0.15, 0.2) is 0 Å². The highest BCUT2D eigenvalue weighted by molar-refractivity contribution is 6.00. The quantitative estimate of drug-likeness (QED) is 0.539. The van der Waals surface area contributed by atoms with Crippen molar-refractivity contribution in [2.75, 3.05) is 5.32 Å². The lowest BCUT2D eigenvalue weighted by atomic mass is 10.0. The van der Waals surface area contributed by atoms with Crippen LogP contribution in [0.15, 0.2) is 54.6 Å². The van der Waals surface area contributed by atoms with Crippen molar-refractivity contribution in [3.8, 4) is 11.5 Å². The molecule has 0 saturated carbocycles. The van der Waals surface area contributed by atoms with Crippen molar-refractivity contribution in [3.63, 3.8) is 0 Å². The van der Waals surface area contributed by atoms with Gasteiger partial charge in [-0.1, -0.05) is 12.1 Å². The van der Waals surface area contributed by atoms with Gasteiger partial charge in [0.1, 0.15) is 11.5 Å². The van der Waals surface area contributed by atoms with Crippen molar-refractivity contribution in [2.24, 2.45) is 11.6 Å². The SMILES string of the molecule is NOc1ccc(NCc2ccc3cc(O)c(C(N)=O)cc3c2)cc1. The molecule has 0 aliphatic rings. The first-order valence-electron chi connectivity index (χ1n) is 7.33. The van der Waals surface area contributed by atoms with E-state index in [1.54, 1.807) is 18.2 Å². The molecular formula is C18H17N3O3. The fourth-order valence-corrected chi connectivity index (χ4v) is 2.50. The summed E-state index contributed by atoms with van der Waals surface area (Å²) in [4.78, 5) is 16.0. The van der Waals surface area contributed by atoms with E-state index in [0.717, 1.165) is 22.0 Å². The molecule has 0 saturated heterocycles. The van der Waals surface area contributed by atoms with Gasteiger partial charge in [-0.25, -0.2) is 0 Å². The third kappa shape index (κ3) is 3.23. The van der Waals surface area contributed by atoms with Gasteiger partial charge in [-0.2, -0.15) is 5.90 Å². The van der Waals surface area contributed by atoms with Crippen molar-refractivity contribution in [1.29, 1.82) is 0 Å².